The van der Waals surface area contributed by atoms with Gasteiger partial charge in [-0.2, -0.15) is 22.0 Å². The first-order valence-corrected chi connectivity index (χ1v) is 10.9. The van der Waals surface area contributed by atoms with Crippen molar-refractivity contribution in [1.82, 2.24) is 0 Å². The Kier molecular flexibility index (Phi) is 10.4. The highest BCUT2D eigenvalue weighted by Gasteiger charge is 2.40. The van der Waals surface area contributed by atoms with E-state index in [1.54, 1.807) is 0 Å². The van der Waals surface area contributed by atoms with E-state index in [9.17, 15) is 70.2 Å². The summed E-state index contributed by atoms with van der Waals surface area (Å²) in [5.74, 6) is -39.3. The Hall–Kier alpha value is -4.82. The molecule has 0 aromatic heterocycles. The minimum Gasteiger partial charge on any atom is -0.484 e. The molecule has 240 valence electrons. The molecular weight excluding hydrogens is 665 g/mol. The van der Waals surface area contributed by atoms with E-state index in [0.717, 1.165) is 0 Å². The van der Waals surface area contributed by atoms with Gasteiger partial charge in [0.2, 0.25) is 40.6 Å². The van der Waals surface area contributed by atoms with Crippen molar-refractivity contribution in [2.24, 2.45) is 0 Å². The predicted molar refractivity (Wildman–Crippen MR) is 114 cm³/mol. The van der Waals surface area contributed by atoms with Crippen molar-refractivity contribution in [2.75, 3.05) is 0 Å². The van der Waals surface area contributed by atoms with Gasteiger partial charge in [-0.3, -0.25) is 4.39 Å². The SMILES string of the molecule is Fc1[c-]c(F)c(F)c(F)c1.[NH3+]c1c(F)c(F)c(F)c(OB(Oc2c(F)cc(F)c(F)c2F)Oc2c(F)cc(F)c(F)c2F)c1F. The molecule has 0 amide bonds. The van der Waals surface area contributed by atoms with Crippen LogP contribution in [0.5, 0.6) is 17.2 Å². The van der Waals surface area contributed by atoms with Crippen LogP contribution in [-0.4, -0.2) is 7.32 Å². The largest absolute Gasteiger partial charge is 0.864 e. The van der Waals surface area contributed by atoms with E-state index in [4.69, 9.17) is 0 Å². The molecule has 0 fully saturated rings. The van der Waals surface area contributed by atoms with Gasteiger partial charge in [0.15, 0.2) is 52.2 Å². The lowest BCUT2D eigenvalue weighted by Crippen LogP contribution is -2.44. The Morgan fingerprint density at radius 1 is 0.422 bits per heavy atom. The topological polar surface area (TPSA) is 55.3 Å². The maximum absolute atomic E-state index is 14.2. The van der Waals surface area contributed by atoms with Crippen molar-refractivity contribution in [3.05, 3.63) is 117 Å². The van der Waals surface area contributed by atoms with Crippen LogP contribution >= 0.6 is 0 Å². The lowest BCUT2D eigenvalue weighted by Gasteiger charge is -2.19. The van der Waals surface area contributed by atoms with E-state index < -0.39 is 123 Å². The van der Waals surface area contributed by atoms with E-state index >= 15 is 0 Å². The molecule has 0 radical (unpaired) electrons. The van der Waals surface area contributed by atoms with Crippen molar-refractivity contribution < 1.29 is 89.9 Å². The summed E-state index contributed by atoms with van der Waals surface area (Å²) in [6, 6.07) is 0.933. The van der Waals surface area contributed by atoms with Gasteiger partial charge in [0, 0.05) is 17.9 Å². The molecule has 0 unspecified atom stereocenters. The highest BCUT2D eigenvalue weighted by molar-refractivity contribution is 6.39. The number of quaternary nitrogens is 1. The lowest BCUT2D eigenvalue weighted by molar-refractivity contribution is -0.263. The second-order valence-corrected chi connectivity index (χ2v) is 7.89. The molecule has 4 nitrogen and oxygen atoms in total. The van der Waals surface area contributed by atoms with Gasteiger partial charge in [-0.15, -0.1) is 6.07 Å². The fourth-order valence-corrected chi connectivity index (χ4v) is 2.91. The van der Waals surface area contributed by atoms with Crippen molar-refractivity contribution in [1.29, 1.82) is 0 Å². The predicted octanol–water partition coefficient (Wildman–Crippen LogP) is 6.79. The molecule has 0 bridgehead atoms. The van der Waals surface area contributed by atoms with Crippen LogP contribution in [0.15, 0.2) is 18.2 Å². The zero-order valence-electron chi connectivity index (χ0n) is 20.8. The van der Waals surface area contributed by atoms with E-state index in [-0.39, 0.29) is 18.2 Å². The van der Waals surface area contributed by atoms with Crippen LogP contribution in [0.25, 0.3) is 0 Å². The molecule has 4 aromatic rings. The van der Waals surface area contributed by atoms with Crippen LogP contribution in [0.1, 0.15) is 0 Å². The summed E-state index contributed by atoms with van der Waals surface area (Å²) >= 11 is 0. The second kappa shape index (κ2) is 13.4. The zero-order chi connectivity index (χ0) is 34.1. The summed E-state index contributed by atoms with van der Waals surface area (Å²) in [4.78, 5) is 0. The number of benzene rings is 4. The molecule has 45 heavy (non-hydrogen) atoms. The molecule has 21 heteroatoms. The lowest BCUT2D eigenvalue weighted by atomic mass is 10.1. The molecule has 0 saturated carbocycles. The summed E-state index contributed by atoms with van der Waals surface area (Å²) in [6.45, 7) is 0. The van der Waals surface area contributed by atoms with Crippen LogP contribution in [0, 0.1) is 99.1 Å². The molecule has 0 heterocycles. The number of halogens is 16. The van der Waals surface area contributed by atoms with Crippen LogP contribution in [-0.2, 0) is 0 Å². The average molecular weight is 671 g/mol. The Bertz CT molecular complexity index is 1670. The van der Waals surface area contributed by atoms with E-state index in [0.29, 0.717) is 0 Å². The monoisotopic (exact) mass is 671 g/mol. The Balaban J connectivity index is 0.000000468. The normalized spacial score (nSPS) is 10.8. The third-order valence-electron chi connectivity index (χ3n) is 4.99. The molecule has 0 atom stereocenters. The van der Waals surface area contributed by atoms with Crippen molar-refractivity contribution in [2.45, 2.75) is 0 Å². The van der Waals surface area contributed by atoms with E-state index in [2.05, 4.69) is 19.7 Å². The van der Waals surface area contributed by atoms with Gasteiger partial charge >= 0.3 is 7.32 Å². The quantitative estimate of drug-likeness (QED) is 0.0808. The molecule has 4 rings (SSSR count). The van der Waals surface area contributed by atoms with Crippen molar-refractivity contribution >= 4 is 13.0 Å². The third kappa shape index (κ3) is 7.13. The molecule has 3 N–H and O–H groups in total. The Morgan fingerprint density at radius 3 is 1.27 bits per heavy atom. The van der Waals surface area contributed by atoms with Gasteiger partial charge in [0.05, 0.1) is 17.5 Å². The van der Waals surface area contributed by atoms with Crippen LogP contribution < -0.4 is 19.7 Å². The van der Waals surface area contributed by atoms with Crippen LogP contribution in [0.4, 0.5) is 75.9 Å². The second-order valence-electron chi connectivity index (χ2n) is 7.89. The number of hydrogen-bond donors (Lipinski definition) is 1. The number of hydrogen-bond acceptors (Lipinski definition) is 3. The van der Waals surface area contributed by atoms with Gasteiger partial charge in [-0.25, -0.2) is 43.9 Å². The van der Waals surface area contributed by atoms with Crippen LogP contribution in [0.3, 0.4) is 0 Å². The van der Waals surface area contributed by atoms with Gasteiger partial charge in [-0.05, 0) is 0 Å². The Morgan fingerprint density at radius 2 is 0.822 bits per heavy atom. The molecular formula is C24H6BF16NO3. The summed E-state index contributed by atoms with van der Waals surface area (Å²) in [6.07, 6.45) is 0. The summed E-state index contributed by atoms with van der Waals surface area (Å²) < 4.78 is 225. The van der Waals surface area contributed by atoms with Gasteiger partial charge < -0.3 is 19.7 Å². The first kappa shape index (κ1) is 34.7. The van der Waals surface area contributed by atoms with Gasteiger partial charge in [0.1, 0.15) is 0 Å². The maximum atomic E-state index is 14.2. The maximum Gasteiger partial charge on any atom is 0.864 e. The summed E-state index contributed by atoms with van der Waals surface area (Å²) in [5, 5.41) is 0. The van der Waals surface area contributed by atoms with Crippen LogP contribution in [0.2, 0.25) is 0 Å². The third-order valence-corrected chi connectivity index (χ3v) is 4.99. The van der Waals surface area contributed by atoms with Crippen molar-refractivity contribution in [3.63, 3.8) is 0 Å². The van der Waals surface area contributed by atoms with Crippen molar-refractivity contribution in [3.8, 4) is 17.2 Å². The molecule has 4 aromatic carbocycles. The smallest absolute Gasteiger partial charge is 0.484 e. The highest BCUT2D eigenvalue weighted by Crippen LogP contribution is 2.34. The van der Waals surface area contributed by atoms with Gasteiger partial charge in [0.25, 0.3) is 0 Å². The fraction of sp³-hybridized carbons (Fsp3) is 0. The molecule has 0 aliphatic rings. The molecule has 0 spiro atoms. The minimum absolute atomic E-state index is 0.221. The molecule has 0 aliphatic carbocycles. The standard InChI is InChI=1S/C18H4BF12NO3.C6HF4/c20-3-1-5(22)16(11(28)7(3)24)33-19(34-17-6(23)2-4(21)8(25)12(17)29)35-18-13(30)9(26)10(27)15(32)14(18)31;7-3-1-4(8)6(10)5(9)2-3/h1-2H,32H2;1H/q;-1/p+1. The summed E-state index contributed by atoms with van der Waals surface area (Å²) in [7, 11) is -3.27. The average Bonchev–Trinajstić information content (AvgIpc) is 2.98. The van der Waals surface area contributed by atoms with E-state index in [1.165, 1.54) is 6.07 Å². The zero-order valence-corrected chi connectivity index (χ0v) is 20.8. The Labute approximate surface area is 238 Å². The molecule has 0 aliphatic heterocycles. The highest BCUT2D eigenvalue weighted by atomic mass is 19.2. The number of rotatable bonds is 6. The first-order chi connectivity index (χ1) is 20.9. The van der Waals surface area contributed by atoms with Gasteiger partial charge in [-0.1, -0.05) is 6.07 Å². The minimum atomic E-state index is -3.27. The van der Waals surface area contributed by atoms with E-state index in [1.807, 2.05) is 0 Å². The fourth-order valence-electron chi connectivity index (χ4n) is 2.91. The first-order valence-electron chi connectivity index (χ1n) is 10.9. The molecule has 0 saturated heterocycles. The summed E-state index contributed by atoms with van der Waals surface area (Å²) in [5.41, 5.74) is 1.24.